The first-order valence-electron chi connectivity index (χ1n) is 3.98. The molecule has 0 radical (unpaired) electrons. The Bertz CT molecular complexity index is 232. The molecule has 74 valence electrons. The van der Waals surface area contributed by atoms with E-state index in [0.717, 1.165) is 0 Å². The number of likely N-dealkylation sites (N-methyl/N-ethyl adjacent to an activating group) is 1. The SMILES string of the molecule is CN1CCC([N+](=O)[O-])C([N+](=O)[O-])C1. The van der Waals surface area contributed by atoms with Gasteiger partial charge in [-0.25, -0.2) is 0 Å². The lowest BCUT2D eigenvalue weighted by atomic mass is 10.0. The monoisotopic (exact) mass is 189 g/mol. The van der Waals surface area contributed by atoms with E-state index in [-0.39, 0.29) is 13.0 Å². The minimum atomic E-state index is -1.06. The van der Waals surface area contributed by atoms with Gasteiger partial charge in [0, 0.05) is 22.8 Å². The Morgan fingerprint density at radius 3 is 2.23 bits per heavy atom. The van der Waals surface area contributed by atoms with Crippen LogP contribution in [0.2, 0.25) is 0 Å². The van der Waals surface area contributed by atoms with Crippen LogP contribution in [0, 0.1) is 20.2 Å². The summed E-state index contributed by atoms with van der Waals surface area (Å²) in [6.07, 6.45) is 0.259. The summed E-state index contributed by atoms with van der Waals surface area (Å²) in [4.78, 5) is 21.6. The largest absolute Gasteiger partial charge is 0.299 e. The van der Waals surface area contributed by atoms with Crippen LogP contribution in [0.15, 0.2) is 0 Å². The number of nitro groups is 2. The first kappa shape index (κ1) is 9.85. The van der Waals surface area contributed by atoms with E-state index in [1.807, 2.05) is 0 Å². The molecule has 1 fully saturated rings. The number of nitrogens with zero attached hydrogens (tertiary/aromatic N) is 3. The average Bonchev–Trinajstić information content (AvgIpc) is 2.03. The summed E-state index contributed by atoms with van der Waals surface area (Å²) in [5, 5.41) is 20.9. The molecule has 0 aliphatic carbocycles. The molecular formula is C6H11N3O4. The highest BCUT2D eigenvalue weighted by molar-refractivity contribution is 4.78. The number of likely N-dealkylation sites (tertiary alicyclic amines) is 1. The predicted molar refractivity (Wildman–Crippen MR) is 43.7 cm³/mol. The van der Waals surface area contributed by atoms with Crippen LogP contribution in [0.3, 0.4) is 0 Å². The number of piperidine rings is 1. The third-order valence-electron chi connectivity index (χ3n) is 2.29. The smallest absolute Gasteiger partial charge is 0.291 e. The van der Waals surface area contributed by atoms with Crippen molar-refractivity contribution in [3.05, 3.63) is 20.2 Å². The van der Waals surface area contributed by atoms with Gasteiger partial charge in [0.25, 0.3) is 12.1 Å². The van der Waals surface area contributed by atoms with Crippen LogP contribution < -0.4 is 0 Å². The first-order valence-corrected chi connectivity index (χ1v) is 3.98. The third-order valence-corrected chi connectivity index (χ3v) is 2.29. The van der Waals surface area contributed by atoms with E-state index in [0.29, 0.717) is 6.54 Å². The lowest BCUT2D eigenvalue weighted by molar-refractivity contribution is -0.621. The van der Waals surface area contributed by atoms with Gasteiger partial charge in [-0.15, -0.1) is 0 Å². The van der Waals surface area contributed by atoms with E-state index >= 15 is 0 Å². The molecule has 1 rings (SSSR count). The van der Waals surface area contributed by atoms with Crippen LogP contribution in [-0.2, 0) is 0 Å². The Morgan fingerprint density at radius 2 is 1.77 bits per heavy atom. The van der Waals surface area contributed by atoms with Gasteiger partial charge in [-0.05, 0) is 7.05 Å². The summed E-state index contributed by atoms with van der Waals surface area (Å²) in [5.74, 6) is 0. The second-order valence-corrected chi connectivity index (χ2v) is 3.26. The molecule has 1 aliphatic heterocycles. The van der Waals surface area contributed by atoms with Gasteiger partial charge in [0.05, 0.1) is 6.54 Å². The quantitative estimate of drug-likeness (QED) is 0.436. The molecule has 0 bridgehead atoms. The van der Waals surface area contributed by atoms with Crippen molar-refractivity contribution >= 4 is 0 Å². The Hall–Kier alpha value is -1.24. The van der Waals surface area contributed by atoms with E-state index in [1.54, 1.807) is 11.9 Å². The van der Waals surface area contributed by atoms with Crippen molar-refractivity contribution < 1.29 is 9.85 Å². The van der Waals surface area contributed by atoms with E-state index in [1.165, 1.54) is 0 Å². The van der Waals surface area contributed by atoms with Gasteiger partial charge in [0.15, 0.2) is 0 Å². The van der Waals surface area contributed by atoms with Crippen LogP contribution in [0.4, 0.5) is 0 Å². The summed E-state index contributed by atoms with van der Waals surface area (Å²) < 4.78 is 0. The summed E-state index contributed by atoms with van der Waals surface area (Å²) in [6.45, 7) is 0.717. The maximum Gasteiger partial charge on any atom is 0.291 e. The molecule has 0 amide bonds. The van der Waals surface area contributed by atoms with Gasteiger partial charge in [0.2, 0.25) is 0 Å². The maximum absolute atomic E-state index is 10.5. The molecule has 1 saturated heterocycles. The molecule has 2 unspecified atom stereocenters. The normalized spacial score (nSPS) is 29.9. The van der Waals surface area contributed by atoms with Gasteiger partial charge in [0.1, 0.15) is 0 Å². The molecular weight excluding hydrogens is 178 g/mol. The zero-order chi connectivity index (χ0) is 10.0. The second kappa shape index (κ2) is 3.65. The molecule has 13 heavy (non-hydrogen) atoms. The highest BCUT2D eigenvalue weighted by atomic mass is 16.6. The molecule has 0 aromatic heterocycles. The lowest BCUT2D eigenvalue weighted by Crippen LogP contribution is -2.52. The summed E-state index contributed by atoms with van der Waals surface area (Å²) in [7, 11) is 1.73. The van der Waals surface area contributed by atoms with Crippen molar-refractivity contribution in [1.82, 2.24) is 4.90 Å². The Balaban J connectivity index is 2.72. The molecule has 0 aromatic rings. The Morgan fingerprint density at radius 1 is 1.23 bits per heavy atom. The molecule has 2 atom stereocenters. The predicted octanol–water partition coefficient (Wildman–Crippen LogP) is -0.387. The molecule has 1 heterocycles. The molecule has 0 N–H and O–H groups in total. The van der Waals surface area contributed by atoms with Crippen molar-refractivity contribution in [2.75, 3.05) is 20.1 Å². The van der Waals surface area contributed by atoms with Crippen LogP contribution in [0.1, 0.15) is 6.42 Å². The van der Waals surface area contributed by atoms with E-state index < -0.39 is 21.9 Å². The lowest BCUT2D eigenvalue weighted by Gasteiger charge is -2.26. The average molecular weight is 189 g/mol. The Kier molecular flexibility index (Phi) is 2.76. The fraction of sp³-hybridized carbons (Fsp3) is 1.00. The maximum atomic E-state index is 10.5. The fourth-order valence-corrected chi connectivity index (χ4v) is 1.53. The summed E-state index contributed by atoms with van der Waals surface area (Å²) >= 11 is 0. The number of hydrogen-bond donors (Lipinski definition) is 0. The van der Waals surface area contributed by atoms with Crippen molar-refractivity contribution in [3.8, 4) is 0 Å². The number of rotatable bonds is 2. The van der Waals surface area contributed by atoms with Crippen LogP contribution >= 0.6 is 0 Å². The second-order valence-electron chi connectivity index (χ2n) is 3.26. The zero-order valence-corrected chi connectivity index (χ0v) is 7.25. The zero-order valence-electron chi connectivity index (χ0n) is 7.25. The van der Waals surface area contributed by atoms with E-state index in [4.69, 9.17) is 0 Å². The van der Waals surface area contributed by atoms with E-state index in [2.05, 4.69) is 0 Å². The minimum absolute atomic E-state index is 0.165. The van der Waals surface area contributed by atoms with Crippen LogP contribution in [-0.4, -0.2) is 47.0 Å². The highest BCUT2D eigenvalue weighted by Gasteiger charge is 2.44. The molecule has 1 aliphatic rings. The molecule has 0 spiro atoms. The highest BCUT2D eigenvalue weighted by Crippen LogP contribution is 2.14. The van der Waals surface area contributed by atoms with E-state index in [9.17, 15) is 20.2 Å². The van der Waals surface area contributed by atoms with Gasteiger partial charge < -0.3 is 0 Å². The molecule has 7 nitrogen and oxygen atoms in total. The standard InChI is InChI=1S/C6H11N3O4/c1-7-3-2-5(8(10)11)6(4-7)9(12)13/h5-6H,2-4H2,1H3. The topological polar surface area (TPSA) is 89.5 Å². The van der Waals surface area contributed by atoms with Crippen LogP contribution in [0.5, 0.6) is 0 Å². The van der Waals surface area contributed by atoms with Crippen LogP contribution in [0.25, 0.3) is 0 Å². The van der Waals surface area contributed by atoms with Gasteiger partial charge in [-0.2, -0.15) is 0 Å². The third kappa shape index (κ3) is 2.11. The minimum Gasteiger partial charge on any atom is -0.299 e. The molecule has 0 saturated carbocycles. The summed E-state index contributed by atoms with van der Waals surface area (Å²) in [5.41, 5.74) is 0. The van der Waals surface area contributed by atoms with Crippen molar-refractivity contribution in [2.45, 2.75) is 18.5 Å². The van der Waals surface area contributed by atoms with Crippen molar-refractivity contribution in [2.24, 2.45) is 0 Å². The fourth-order valence-electron chi connectivity index (χ4n) is 1.53. The first-order chi connectivity index (χ1) is 6.02. The molecule has 7 heteroatoms. The van der Waals surface area contributed by atoms with Gasteiger partial charge in [-0.1, -0.05) is 0 Å². The summed E-state index contributed by atoms with van der Waals surface area (Å²) in [6, 6.07) is -2.08. The molecule has 0 aromatic carbocycles. The Labute approximate surface area is 74.6 Å². The van der Waals surface area contributed by atoms with Gasteiger partial charge >= 0.3 is 0 Å². The number of hydrogen-bond acceptors (Lipinski definition) is 5. The van der Waals surface area contributed by atoms with Gasteiger partial charge in [-0.3, -0.25) is 25.1 Å². The van der Waals surface area contributed by atoms with Crippen molar-refractivity contribution in [1.29, 1.82) is 0 Å². The van der Waals surface area contributed by atoms with Crippen molar-refractivity contribution in [3.63, 3.8) is 0 Å².